The molecule has 3 aromatic heterocycles. The first-order chi connectivity index (χ1) is 17.7. The van der Waals surface area contributed by atoms with E-state index >= 15 is 0 Å². The average molecular weight is 512 g/mol. The molecule has 6 nitrogen and oxygen atoms in total. The number of para-hydroxylation sites is 1. The Morgan fingerprint density at radius 2 is 1.92 bits per heavy atom. The molecule has 0 bridgehead atoms. The van der Waals surface area contributed by atoms with Crippen LogP contribution >= 0.6 is 22.7 Å². The molecule has 2 aromatic carbocycles. The summed E-state index contributed by atoms with van der Waals surface area (Å²) < 4.78 is 7.67. The number of thiophene rings is 1. The second kappa shape index (κ2) is 9.22. The van der Waals surface area contributed by atoms with E-state index in [-0.39, 0.29) is 12.2 Å². The van der Waals surface area contributed by atoms with Gasteiger partial charge in [-0.25, -0.2) is 9.79 Å². The Kier molecular flexibility index (Phi) is 5.75. The first-order valence-electron chi connectivity index (χ1n) is 11.5. The van der Waals surface area contributed by atoms with E-state index in [0.29, 0.717) is 20.6 Å². The minimum absolute atomic E-state index is 0.184. The van der Waals surface area contributed by atoms with Crippen LogP contribution in [-0.4, -0.2) is 22.1 Å². The van der Waals surface area contributed by atoms with Gasteiger partial charge in [-0.3, -0.25) is 9.36 Å². The minimum atomic E-state index is -0.624. The summed E-state index contributed by atoms with van der Waals surface area (Å²) in [5, 5.41) is 2.98. The minimum Gasteiger partial charge on any atom is -0.463 e. The number of ether oxygens (including phenoxy) is 1. The third-order valence-electron chi connectivity index (χ3n) is 6.09. The van der Waals surface area contributed by atoms with E-state index in [0.717, 1.165) is 26.9 Å². The molecule has 1 N–H and O–H groups in total. The maximum Gasteiger partial charge on any atom is 0.338 e. The van der Waals surface area contributed by atoms with Gasteiger partial charge >= 0.3 is 5.97 Å². The van der Waals surface area contributed by atoms with Crippen LogP contribution in [0.25, 0.3) is 22.7 Å². The smallest absolute Gasteiger partial charge is 0.338 e. The molecule has 4 heterocycles. The highest BCUT2D eigenvalue weighted by atomic mass is 32.1. The lowest BCUT2D eigenvalue weighted by Crippen LogP contribution is -2.39. The van der Waals surface area contributed by atoms with E-state index in [1.54, 1.807) is 11.5 Å². The number of H-pyrrole nitrogens is 1. The number of hydrogen-bond donors (Lipinski definition) is 1. The lowest BCUT2D eigenvalue weighted by atomic mass is 9.97. The van der Waals surface area contributed by atoms with Crippen LogP contribution in [0.3, 0.4) is 0 Å². The molecule has 1 atom stereocenters. The molecule has 178 valence electrons. The van der Waals surface area contributed by atoms with E-state index in [1.165, 1.54) is 22.7 Å². The Labute approximate surface area is 214 Å². The number of carbonyl (C=O) groups excluding carboxylic acids is 1. The molecule has 6 rings (SSSR count). The number of benzene rings is 2. The fourth-order valence-corrected chi connectivity index (χ4v) is 6.33. The predicted octanol–water partition coefficient (Wildman–Crippen LogP) is 4.48. The summed E-state index contributed by atoms with van der Waals surface area (Å²) >= 11 is 2.83. The van der Waals surface area contributed by atoms with Crippen molar-refractivity contribution in [3.63, 3.8) is 0 Å². The van der Waals surface area contributed by atoms with Crippen LogP contribution in [-0.2, 0) is 9.53 Å². The van der Waals surface area contributed by atoms with Crippen molar-refractivity contribution < 1.29 is 9.53 Å². The van der Waals surface area contributed by atoms with Gasteiger partial charge in [0.05, 0.1) is 22.4 Å². The van der Waals surface area contributed by atoms with Gasteiger partial charge in [0.25, 0.3) is 5.56 Å². The Balaban J connectivity index is 1.64. The summed E-state index contributed by atoms with van der Waals surface area (Å²) in [5.41, 5.74) is 3.46. The maximum atomic E-state index is 13.9. The number of aromatic amines is 1. The zero-order valence-electron chi connectivity index (χ0n) is 19.3. The van der Waals surface area contributed by atoms with Gasteiger partial charge in [-0.2, -0.15) is 0 Å². The lowest BCUT2D eigenvalue weighted by Gasteiger charge is -2.24. The van der Waals surface area contributed by atoms with Gasteiger partial charge in [0, 0.05) is 33.1 Å². The third-order valence-corrected chi connectivity index (χ3v) is 8.00. The molecule has 0 spiro atoms. The monoisotopic (exact) mass is 511 g/mol. The standard InChI is InChI=1S/C28H21N3O3S2/c1-2-34-27(33)23-24(17-9-4-3-5-10-17)30-28-31(25(23)21-13-8-14-35-21)26(32)22(36-28)15-18-16-29-20-12-7-6-11-19(18)20/h3-16,25,29H,2H2,1H3/b22-15+/t25-/m0/s1. The topological polar surface area (TPSA) is 76.4 Å². The molecule has 36 heavy (non-hydrogen) atoms. The van der Waals surface area contributed by atoms with Crippen LogP contribution in [0.5, 0.6) is 0 Å². The van der Waals surface area contributed by atoms with E-state index in [9.17, 15) is 9.59 Å². The third kappa shape index (κ3) is 3.75. The number of thiazole rings is 1. The fraction of sp³-hybridized carbons (Fsp3) is 0.107. The average Bonchev–Trinajstić information content (AvgIpc) is 3.64. The first-order valence-corrected chi connectivity index (χ1v) is 13.2. The molecule has 1 aliphatic rings. The highest BCUT2D eigenvalue weighted by molar-refractivity contribution is 7.10. The van der Waals surface area contributed by atoms with Crippen LogP contribution in [0.4, 0.5) is 0 Å². The number of carbonyl (C=O) groups is 1. The van der Waals surface area contributed by atoms with Crippen molar-refractivity contribution in [1.29, 1.82) is 0 Å². The number of esters is 1. The molecular weight excluding hydrogens is 490 g/mol. The molecule has 0 amide bonds. The van der Waals surface area contributed by atoms with E-state index < -0.39 is 12.0 Å². The Bertz CT molecular complexity index is 1790. The van der Waals surface area contributed by atoms with Crippen LogP contribution in [0.15, 0.2) is 93.7 Å². The zero-order chi connectivity index (χ0) is 24.6. The lowest BCUT2D eigenvalue weighted by molar-refractivity contribution is -0.138. The number of aromatic nitrogens is 2. The molecular formula is C28H21N3O3S2. The molecule has 0 unspecified atom stereocenters. The van der Waals surface area contributed by atoms with Crippen LogP contribution < -0.4 is 14.9 Å². The summed E-state index contributed by atoms with van der Waals surface area (Å²) in [6.45, 7) is 2.00. The predicted molar refractivity (Wildman–Crippen MR) is 144 cm³/mol. The van der Waals surface area contributed by atoms with Crippen molar-refractivity contribution in [1.82, 2.24) is 9.55 Å². The van der Waals surface area contributed by atoms with E-state index in [1.807, 2.05) is 84.4 Å². The number of hydrogen-bond acceptors (Lipinski definition) is 6. The molecule has 1 aliphatic heterocycles. The normalized spacial score (nSPS) is 15.7. The molecule has 5 aromatic rings. The molecule has 8 heteroatoms. The summed E-state index contributed by atoms with van der Waals surface area (Å²) in [5.74, 6) is -0.468. The quantitative estimate of drug-likeness (QED) is 0.354. The maximum absolute atomic E-state index is 13.9. The van der Waals surface area contributed by atoms with Crippen LogP contribution in [0, 0.1) is 0 Å². The highest BCUT2D eigenvalue weighted by Gasteiger charge is 2.35. The molecule has 0 radical (unpaired) electrons. The summed E-state index contributed by atoms with van der Waals surface area (Å²) in [4.78, 5) is 36.8. The van der Waals surface area contributed by atoms with Gasteiger partial charge in [0.1, 0.15) is 6.04 Å². The van der Waals surface area contributed by atoms with E-state index in [4.69, 9.17) is 9.73 Å². The van der Waals surface area contributed by atoms with Crippen LogP contribution in [0.2, 0.25) is 0 Å². The van der Waals surface area contributed by atoms with E-state index in [2.05, 4.69) is 4.98 Å². The van der Waals surface area contributed by atoms with Gasteiger partial charge in [0.15, 0.2) is 4.80 Å². The number of fused-ring (bicyclic) bond motifs is 2. The second-order valence-corrected chi connectivity index (χ2v) is 10.2. The van der Waals surface area contributed by atoms with Crippen molar-refractivity contribution in [2.24, 2.45) is 4.99 Å². The molecule has 0 saturated heterocycles. The van der Waals surface area contributed by atoms with Crippen molar-refractivity contribution in [2.45, 2.75) is 13.0 Å². The largest absolute Gasteiger partial charge is 0.463 e. The molecule has 0 aliphatic carbocycles. The van der Waals surface area contributed by atoms with Crippen molar-refractivity contribution in [3.05, 3.63) is 120 Å². The number of nitrogens with zero attached hydrogens (tertiary/aromatic N) is 2. The highest BCUT2D eigenvalue weighted by Crippen LogP contribution is 2.36. The SMILES string of the molecule is CCOC(=O)C1=C(c2ccccc2)N=c2s/c(=C/c3c[nH]c4ccccc34)c(=O)n2[C@H]1c1cccs1. The van der Waals surface area contributed by atoms with Gasteiger partial charge < -0.3 is 9.72 Å². The zero-order valence-corrected chi connectivity index (χ0v) is 20.9. The molecule has 0 fully saturated rings. The second-order valence-electron chi connectivity index (χ2n) is 8.24. The van der Waals surface area contributed by atoms with Crippen LogP contribution in [0.1, 0.15) is 29.0 Å². The summed E-state index contributed by atoms with van der Waals surface area (Å²) in [6, 6.07) is 20.8. The first kappa shape index (κ1) is 22.5. The number of nitrogens with one attached hydrogen (secondary N) is 1. The van der Waals surface area contributed by atoms with Gasteiger partial charge in [-0.1, -0.05) is 65.9 Å². The van der Waals surface area contributed by atoms with Crippen molar-refractivity contribution in [3.8, 4) is 0 Å². The Hall–Kier alpha value is -4.01. The fourth-order valence-electron chi connectivity index (χ4n) is 4.51. The van der Waals surface area contributed by atoms with Gasteiger partial charge in [-0.05, 0) is 30.5 Å². The summed E-state index contributed by atoms with van der Waals surface area (Å²) in [6.07, 6.45) is 3.80. The van der Waals surface area contributed by atoms with Crippen molar-refractivity contribution >= 4 is 51.3 Å². The summed E-state index contributed by atoms with van der Waals surface area (Å²) in [7, 11) is 0. The Morgan fingerprint density at radius 1 is 1.11 bits per heavy atom. The van der Waals surface area contributed by atoms with Crippen molar-refractivity contribution in [2.75, 3.05) is 6.61 Å². The Morgan fingerprint density at radius 3 is 2.69 bits per heavy atom. The molecule has 0 saturated carbocycles. The number of rotatable bonds is 5. The van der Waals surface area contributed by atoms with Gasteiger partial charge in [0.2, 0.25) is 0 Å². The van der Waals surface area contributed by atoms with Gasteiger partial charge in [-0.15, -0.1) is 11.3 Å².